The average Bonchev–Trinajstić information content (AvgIpc) is 2.82. The zero-order valence-corrected chi connectivity index (χ0v) is 16.3. The van der Waals surface area contributed by atoms with Gasteiger partial charge < -0.3 is 14.6 Å². The number of hydrogen-bond acceptors (Lipinski definition) is 3. The number of carbonyl (C=O) groups is 1. The number of hydrogen-bond donors (Lipinski definition) is 1. The van der Waals surface area contributed by atoms with Crippen LogP contribution in [0.3, 0.4) is 0 Å². The lowest BCUT2D eigenvalue weighted by Gasteiger charge is -2.54. The van der Waals surface area contributed by atoms with Gasteiger partial charge in [0.1, 0.15) is 0 Å². The number of aryl methyl sites for hydroxylation is 1. The van der Waals surface area contributed by atoms with E-state index in [1.54, 1.807) is 18.4 Å². The number of methoxy groups -OCH3 is 1. The van der Waals surface area contributed by atoms with Crippen LogP contribution in [0.15, 0.2) is 4.99 Å². The SMILES string of the molecule is COCCn1c(C)c(C)sc1=NC(=O)NC1C2CC3CC(C2)CC1C3. The summed E-state index contributed by atoms with van der Waals surface area (Å²) in [6.07, 6.45) is 6.67. The van der Waals surface area contributed by atoms with Gasteiger partial charge in [0, 0.05) is 30.3 Å². The number of carbonyl (C=O) groups excluding carboxylic acids is 1. The van der Waals surface area contributed by atoms with Gasteiger partial charge in [0.2, 0.25) is 0 Å². The lowest BCUT2D eigenvalue weighted by atomic mass is 9.54. The summed E-state index contributed by atoms with van der Waals surface area (Å²) in [6.45, 7) is 5.52. The van der Waals surface area contributed by atoms with Crippen molar-refractivity contribution in [2.75, 3.05) is 13.7 Å². The second-order valence-corrected chi connectivity index (χ2v) is 9.37. The highest BCUT2D eigenvalue weighted by molar-refractivity contribution is 7.09. The average molecular weight is 364 g/mol. The second kappa shape index (κ2) is 6.88. The highest BCUT2D eigenvalue weighted by Crippen LogP contribution is 2.53. The van der Waals surface area contributed by atoms with E-state index in [9.17, 15) is 4.79 Å². The summed E-state index contributed by atoms with van der Waals surface area (Å²) in [6, 6.07) is 0.184. The minimum atomic E-state index is -0.162. The van der Waals surface area contributed by atoms with Gasteiger partial charge in [-0.15, -0.1) is 11.3 Å². The van der Waals surface area contributed by atoms with E-state index in [0.717, 1.165) is 23.2 Å². The monoisotopic (exact) mass is 363 g/mol. The van der Waals surface area contributed by atoms with Crippen LogP contribution in [0.5, 0.6) is 0 Å². The smallest absolute Gasteiger partial charge is 0.343 e. The summed E-state index contributed by atoms with van der Waals surface area (Å²) in [4.78, 5) is 19.0. The Morgan fingerprint density at radius 3 is 2.44 bits per heavy atom. The van der Waals surface area contributed by atoms with Crippen LogP contribution in [-0.4, -0.2) is 30.4 Å². The molecule has 5 rings (SSSR count). The zero-order valence-electron chi connectivity index (χ0n) is 15.5. The summed E-state index contributed by atoms with van der Waals surface area (Å²) in [7, 11) is 1.70. The molecule has 138 valence electrons. The van der Waals surface area contributed by atoms with E-state index in [1.807, 2.05) is 0 Å². The molecule has 4 aliphatic carbocycles. The highest BCUT2D eigenvalue weighted by atomic mass is 32.1. The van der Waals surface area contributed by atoms with Gasteiger partial charge in [-0.05, 0) is 69.6 Å². The van der Waals surface area contributed by atoms with Gasteiger partial charge >= 0.3 is 6.03 Å². The van der Waals surface area contributed by atoms with E-state index in [4.69, 9.17) is 4.74 Å². The molecule has 1 heterocycles. The lowest BCUT2D eigenvalue weighted by Crippen LogP contribution is -2.55. The maximum absolute atomic E-state index is 12.6. The number of urea groups is 1. The van der Waals surface area contributed by atoms with Crippen LogP contribution in [-0.2, 0) is 11.3 Å². The first-order chi connectivity index (χ1) is 12.0. The Balaban J connectivity index is 1.50. The molecule has 0 aliphatic heterocycles. The maximum atomic E-state index is 12.6. The largest absolute Gasteiger partial charge is 0.383 e. The van der Waals surface area contributed by atoms with Crippen molar-refractivity contribution in [3.8, 4) is 0 Å². The maximum Gasteiger partial charge on any atom is 0.343 e. The fourth-order valence-electron chi connectivity index (χ4n) is 5.55. The lowest BCUT2D eigenvalue weighted by molar-refractivity contribution is -0.00904. The molecule has 4 aliphatic rings. The van der Waals surface area contributed by atoms with E-state index in [-0.39, 0.29) is 6.03 Å². The van der Waals surface area contributed by atoms with Crippen LogP contribution >= 0.6 is 11.3 Å². The predicted molar refractivity (Wildman–Crippen MR) is 98.6 cm³/mol. The number of nitrogens with one attached hydrogen (secondary N) is 1. The third-order valence-corrected chi connectivity index (χ3v) is 7.72. The normalized spacial score (nSPS) is 33.9. The van der Waals surface area contributed by atoms with Crippen LogP contribution in [0.4, 0.5) is 4.79 Å². The summed E-state index contributed by atoms with van der Waals surface area (Å²) in [5.74, 6) is 3.21. The first-order valence-electron chi connectivity index (χ1n) is 9.56. The molecule has 2 amide bonds. The van der Waals surface area contributed by atoms with E-state index in [1.165, 1.54) is 42.7 Å². The Morgan fingerprint density at radius 1 is 1.20 bits per heavy atom. The molecule has 0 spiro atoms. The van der Waals surface area contributed by atoms with Gasteiger partial charge in [-0.2, -0.15) is 4.99 Å². The Labute approximate surface area is 153 Å². The van der Waals surface area contributed by atoms with Gasteiger partial charge in [0.05, 0.1) is 6.61 Å². The third-order valence-electron chi connectivity index (χ3n) is 6.62. The minimum absolute atomic E-state index is 0.162. The van der Waals surface area contributed by atoms with Crippen LogP contribution in [0.25, 0.3) is 0 Å². The van der Waals surface area contributed by atoms with Crippen LogP contribution in [0.2, 0.25) is 0 Å². The zero-order chi connectivity index (χ0) is 17.6. The van der Waals surface area contributed by atoms with Crippen molar-refractivity contribution in [2.24, 2.45) is 28.7 Å². The number of amides is 2. The molecule has 5 nitrogen and oxygen atoms in total. The summed E-state index contributed by atoms with van der Waals surface area (Å²) in [5, 5.41) is 3.28. The van der Waals surface area contributed by atoms with Crippen molar-refractivity contribution >= 4 is 17.4 Å². The second-order valence-electron chi connectivity index (χ2n) is 8.19. The van der Waals surface area contributed by atoms with Gasteiger partial charge in [0.15, 0.2) is 4.80 Å². The third kappa shape index (κ3) is 3.31. The van der Waals surface area contributed by atoms with Crippen molar-refractivity contribution in [2.45, 2.75) is 58.5 Å². The van der Waals surface area contributed by atoms with Crippen LogP contribution in [0, 0.1) is 37.5 Å². The quantitative estimate of drug-likeness (QED) is 0.893. The number of aromatic nitrogens is 1. The predicted octanol–water partition coefficient (Wildman–Crippen LogP) is 3.25. The van der Waals surface area contributed by atoms with E-state index >= 15 is 0 Å². The molecular weight excluding hydrogens is 334 g/mol. The first kappa shape index (κ1) is 17.3. The number of rotatable bonds is 4. The van der Waals surface area contributed by atoms with Crippen molar-refractivity contribution in [1.82, 2.24) is 9.88 Å². The molecule has 4 fully saturated rings. The summed E-state index contributed by atoms with van der Waals surface area (Å²) >= 11 is 1.59. The first-order valence-corrected chi connectivity index (χ1v) is 10.4. The number of thiazole rings is 1. The van der Waals surface area contributed by atoms with Gasteiger partial charge in [-0.3, -0.25) is 0 Å². The molecule has 0 atom stereocenters. The molecule has 0 saturated heterocycles. The molecule has 25 heavy (non-hydrogen) atoms. The van der Waals surface area contributed by atoms with Crippen LogP contribution in [0.1, 0.15) is 42.7 Å². The molecule has 1 aromatic heterocycles. The summed E-state index contributed by atoms with van der Waals surface area (Å²) < 4.78 is 7.29. The van der Waals surface area contributed by atoms with Crippen molar-refractivity contribution in [1.29, 1.82) is 0 Å². The number of ether oxygens (including phenoxy) is 1. The Morgan fingerprint density at radius 2 is 1.84 bits per heavy atom. The molecular formula is C19H29N3O2S. The topological polar surface area (TPSA) is 55.6 Å². The molecule has 0 aromatic carbocycles. The Kier molecular flexibility index (Phi) is 4.75. The molecule has 0 unspecified atom stereocenters. The standard InChI is InChI=1S/C19H29N3O2S/c1-11-12(2)25-19(22(11)4-5-24-3)21-18(23)20-17-15-7-13-6-14(9-15)10-16(17)8-13/h13-17H,4-10H2,1-3H3,(H,20,23). The van der Waals surface area contributed by atoms with Gasteiger partial charge in [-0.25, -0.2) is 4.79 Å². The van der Waals surface area contributed by atoms with E-state index < -0.39 is 0 Å². The number of nitrogens with zero attached hydrogens (tertiary/aromatic N) is 2. The van der Waals surface area contributed by atoms with E-state index in [2.05, 4.69) is 28.7 Å². The minimum Gasteiger partial charge on any atom is -0.383 e. The van der Waals surface area contributed by atoms with E-state index in [0.29, 0.717) is 24.5 Å². The van der Waals surface area contributed by atoms with Crippen molar-refractivity contribution in [3.05, 3.63) is 15.4 Å². The summed E-state index contributed by atoms with van der Waals surface area (Å²) in [5.41, 5.74) is 1.17. The molecule has 1 N–H and O–H groups in total. The van der Waals surface area contributed by atoms with Crippen LogP contribution < -0.4 is 10.1 Å². The van der Waals surface area contributed by atoms with Gasteiger partial charge in [0.25, 0.3) is 0 Å². The van der Waals surface area contributed by atoms with Crippen molar-refractivity contribution in [3.63, 3.8) is 0 Å². The fourth-order valence-corrected chi connectivity index (χ4v) is 6.55. The fraction of sp³-hybridized carbons (Fsp3) is 0.789. The molecule has 4 saturated carbocycles. The van der Waals surface area contributed by atoms with Gasteiger partial charge in [-0.1, -0.05) is 0 Å². The molecule has 1 aromatic rings. The molecule has 0 radical (unpaired) electrons. The van der Waals surface area contributed by atoms with Crippen molar-refractivity contribution < 1.29 is 9.53 Å². The Hall–Kier alpha value is -1.14. The highest BCUT2D eigenvalue weighted by Gasteiger charge is 2.48. The molecule has 4 bridgehead atoms. The molecule has 6 heteroatoms. The Bertz CT molecular complexity index is 693.